The van der Waals surface area contributed by atoms with Gasteiger partial charge in [0.25, 0.3) is 0 Å². The lowest BCUT2D eigenvalue weighted by Gasteiger charge is -2.12. The van der Waals surface area contributed by atoms with E-state index in [0.717, 1.165) is 27.1 Å². The molecule has 0 saturated carbocycles. The summed E-state index contributed by atoms with van der Waals surface area (Å²) in [6, 6.07) is 12.2. The van der Waals surface area contributed by atoms with Gasteiger partial charge in [0.2, 0.25) is 0 Å². The fourth-order valence-corrected chi connectivity index (χ4v) is 3.96. The lowest BCUT2D eigenvalue weighted by atomic mass is 10.2. The van der Waals surface area contributed by atoms with Gasteiger partial charge in [-0.2, -0.15) is 0 Å². The third-order valence-corrected chi connectivity index (χ3v) is 5.23. The number of thioether (sulfide) groups is 1. The zero-order valence-electron chi connectivity index (χ0n) is 13.6. The van der Waals surface area contributed by atoms with Crippen LogP contribution in [0, 0.1) is 5.82 Å². The number of aliphatic carboxylic acids is 1. The Hall–Kier alpha value is -1.98. The first-order chi connectivity index (χ1) is 12.0. The highest BCUT2D eigenvalue weighted by Crippen LogP contribution is 2.35. The predicted octanol–water partition coefficient (Wildman–Crippen LogP) is 5.22. The Morgan fingerprint density at radius 2 is 1.96 bits per heavy atom. The van der Waals surface area contributed by atoms with Gasteiger partial charge in [0, 0.05) is 33.1 Å². The van der Waals surface area contributed by atoms with Gasteiger partial charge in [-0.3, -0.25) is 4.79 Å². The van der Waals surface area contributed by atoms with Crippen LogP contribution in [0.4, 0.5) is 4.39 Å². The maximum atomic E-state index is 13.8. The molecule has 0 saturated heterocycles. The summed E-state index contributed by atoms with van der Waals surface area (Å²) >= 11 is 7.47. The molecule has 0 spiro atoms. The maximum Gasteiger partial charge on any atom is 0.303 e. The van der Waals surface area contributed by atoms with Crippen LogP contribution in [0.2, 0.25) is 5.02 Å². The Kier molecular flexibility index (Phi) is 5.35. The molecule has 3 rings (SSSR count). The van der Waals surface area contributed by atoms with Gasteiger partial charge in [0.15, 0.2) is 0 Å². The molecular weight excluding hydrogens is 361 g/mol. The summed E-state index contributed by atoms with van der Waals surface area (Å²) in [6.45, 7) is 0.578. The Bertz CT molecular complexity index is 921. The van der Waals surface area contributed by atoms with Crippen LogP contribution in [0.3, 0.4) is 0 Å². The summed E-state index contributed by atoms with van der Waals surface area (Å²) in [4.78, 5) is 12.0. The van der Waals surface area contributed by atoms with Crippen molar-refractivity contribution in [3.05, 3.63) is 64.6 Å². The number of rotatable bonds is 6. The standard InChI is InChI=1S/C19H17ClFNO2S/c1-25-19-15-10-14(21)6-7-16(15)22(17(19)8-9-18(23)24)11-12-2-4-13(20)5-3-12/h2-7,10H,8-9,11H2,1H3,(H,23,24). The minimum Gasteiger partial charge on any atom is -0.481 e. The van der Waals surface area contributed by atoms with Crippen LogP contribution < -0.4 is 0 Å². The van der Waals surface area contributed by atoms with Crippen molar-refractivity contribution in [2.75, 3.05) is 6.26 Å². The summed E-state index contributed by atoms with van der Waals surface area (Å²) in [5, 5.41) is 10.6. The van der Waals surface area contributed by atoms with E-state index in [9.17, 15) is 9.18 Å². The first-order valence-electron chi connectivity index (χ1n) is 7.80. The number of benzene rings is 2. The summed E-state index contributed by atoms with van der Waals surface area (Å²) in [6.07, 6.45) is 2.36. The van der Waals surface area contributed by atoms with E-state index < -0.39 is 5.97 Å². The first-order valence-corrected chi connectivity index (χ1v) is 9.40. The lowest BCUT2D eigenvalue weighted by Crippen LogP contribution is -2.07. The average molecular weight is 378 g/mol. The van der Waals surface area contributed by atoms with E-state index in [1.54, 1.807) is 6.07 Å². The summed E-state index contributed by atoms with van der Waals surface area (Å²) < 4.78 is 15.8. The van der Waals surface area contributed by atoms with Crippen LogP contribution in [0.5, 0.6) is 0 Å². The first kappa shape index (κ1) is 17.8. The van der Waals surface area contributed by atoms with Gasteiger partial charge in [-0.15, -0.1) is 11.8 Å². The van der Waals surface area contributed by atoms with Crippen molar-refractivity contribution in [2.45, 2.75) is 24.3 Å². The fraction of sp³-hybridized carbons (Fsp3) is 0.211. The molecule has 1 heterocycles. The van der Waals surface area contributed by atoms with E-state index in [2.05, 4.69) is 4.57 Å². The van der Waals surface area contributed by atoms with E-state index in [4.69, 9.17) is 16.7 Å². The molecular formula is C19H17ClFNO2S. The molecule has 0 aliphatic carbocycles. The van der Waals surface area contributed by atoms with Crippen LogP contribution >= 0.6 is 23.4 Å². The summed E-state index contributed by atoms with van der Waals surface area (Å²) in [5.74, 6) is -1.14. The highest BCUT2D eigenvalue weighted by atomic mass is 35.5. The fourth-order valence-electron chi connectivity index (χ4n) is 3.00. The SMILES string of the molecule is CSc1c(CCC(=O)O)n(Cc2ccc(Cl)cc2)c2ccc(F)cc12. The van der Waals surface area contributed by atoms with Gasteiger partial charge >= 0.3 is 5.97 Å². The van der Waals surface area contributed by atoms with Gasteiger partial charge < -0.3 is 9.67 Å². The molecule has 2 aromatic carbocycles. The molecule has 0 bridgehead atoms. The Labute approximate surface area is 154 Å². The molecule has 0 atom stereocenters. The average Bonchev–Trinajstić information content (AvgIpc) is 2.87. The number of carbonyl (C=O) groups is 1. The van der Waals surface area contributed by atoms with Crippen LogP contribution in [0.25, 0.3) is 10.9 Å². The predicted molar refractivity (Wildman–Crippen MR) is 100 cm³/mol. The number of carboxylic acid groups (broad SMARTS) is 1. The second-order valence-corrected chi connectivity index (χ2v) is 7.00. The number of aromatic nitrogens is 1. The monoisotopic (exact) mass is 377 g/mol. The van der Waals surface area contributed by atoms with Crippen molar-refractivity contribution < 1.29 is 14.3 Å². The van der Waals surface area contributed by atoms with Crippen LogP contribution in [0.1, 0.15) is 17.7 Å². The number of nitrogens with zero attached hydrogens (tertiary/aromatic N) is 1. The molecule has 6 heteroatoms. The van der Waals surface area contributed by atoms with Crippen molar-refractivity contribution in [3.63, 3.8) is 0 Å². The van der Waals surface area contributed by atoms with Crippen molar-refractivity contribution in [2.24, 2.45) is 0 Å². The Morgan fingerprint density at radius 1 is 1.24 bits per heavy atom. The zero-order chi connectivity index (χ0) is 18.0. The smallest absolute Gasteiger partial charge is 0.303 e. The minimum atomic E-state index is -0.846. The van der Waals surface area contributed by atoms with E-state index in [-0.39, 0.29) is 12.2 Å². The number of carboxylic acids is 1. The van der Waals surface area contributed by atoms with E-state index in [1.807, 2.05) is 30.5 Å². The molecule has 0 fully saturated rings. The highest BCUT2D eigenvalue weighted by Gasteiger charge is 2.18. The molecule has 25 heavy (non-hydrogen) atoms. The van der Waals surface area contributed by atoms with Gasteiger partial charge in [0.05, 0.1) is 6.42 Å². The maximum absolute atomic E-state index is 13.8. The van der Waals surface area contributed by atoms with Gasteiger partial charge in [-0.05, 0) is 48.6 Å². The number of hydrogen-bond acceptors (Lipinski definition) is 2. The van der Waals surface area contributed by atoms with E-state index >= 15 is 0 Å². The zero-order valence-corrected chi connectivity index (χ0v) is 15.2. The normalized spacial score (nSPS) is 11.2. The van der Waals surface area contributed by atoms with Crippen molar-refractivity contribution in [1.29, 1.82) is 0 Å². The second kappa shape index (κ2) is 7.50. The molecule has 3 nitrogen and oxygen atoms in total. The number of fused-ring (bicyclic) bond motifs is 1. The third-order valence-electron chi connectivity index (χ3n) is 4.12. The number of hydrogen-bond donors (Lipinski definition) is 1. The third kappa shape index (κ3) is 3.83. The molecule has 0 amide bonds. The van der Waals surface area contributed by atoms with Crippen molar-refractivity contribution in [3.8, 4) is 0 Å². The molecule has 0 radical (unpaired) electrons. The largest absolute Gasteiger partial charge is 0.481 e. The second-order valence-electron chi connectivity index (χ2n) is 5.75. The van der Waals surface area contributed by atoms with Gasteiger partial charge in [-0.25, -0.2) is 4.39 Å². The molecule has 0 aliphatic heterocycles. The van der Waals surface area contributed by atoms with E-state index in [0.29, 0.717) is 18.0 Å². The summed E-state index contributed by atoms with van der Waals surface area (Å²) in [5.41, 5.74) is 2.88. The minimum absolute atomic E-state index is 0.0347. The van der Waals surface area contributed by atoms with Gasteiger partial charge in [0.1, 0.15) is 5.82 Å². The molecule has 1 N–H and O–H groups in total. The van der Waals surface area contributed by atoms with Gasteiger partial charge in [-0.1, -0.05) is 23.7 Å². The van der Waals surface area contributed by atoms with E-state index in [1.165, 1.54) is 23.9 Å². The van der Waals surface area contributed by atoms with Crippen molar-refractivity contribution >= 4 is 40.2 Å². The quantitative estimate of drug-likeness (QED) is 0.599. The lowest BCUT2D eigenvalue weighted by molar-refractivity contribution is -0.137. The van der Waals surface area contributed by atoms with Crippen LogP contribution in [0.15, 0.2) is 47.4 Å². The topological polar surface area (TPSA) is 42.2 Å². The van der Waals surface area contributed by atoms with Crippen molar-refractivity contribution in [1.82, 2.24) is 4.57 Å². The molecule has 0 unspecified atom stereocenters. The van der Waals surface area contributed by atoms with Crippen LogP contribution in [-0.2, 0) is 17.8 Å². The molecule has 1 aromatic heterocycles. The molecule has 0 aliphatic rings. The highest BCUT2D eigenvalue weighted by molar-refractivity contribution is 7.98. The Balaban J connectivity index is 2.14. The molecule has 3 aromatic rings. The van der Waals surface area contributed by atoms with Crippen LogP contribution in [-0.4, -0.2) is 21.9 Å². The summed E-state index contributed by atoms with van der Waals surface area (Å²) in [7, 11) is 0. The Morgan fingerprint density at radius 3 is 2.60 bits per heavy atom. The number of halogens is 2. The molecule has 130 valence electrons.